The third-order valence-electron chi connectivity index (χ3n) is 9.00. The number of hydrogen-bond acceptors (Lipinski definition) is 8. The molecule has 8 atom stereocenters. The molecule has 2 amide bonds. The normalized spacial score (nSPS) is 30.7. The van der Waals surface area contributed by atoms with E-state index >= 15 is 0 Å². The number of carbonyl (C=O) groups is 4. The maximum absolute atomic E-state index is 13.0. The Kier molecular flexibility index (Phi) is 13.8. The maximum Gasteiger partial charge on any atom is 0.303 e. The number of ketones is 1. The first kappa shape index (κ1) is 37.6. The van der Waals surface area contributed by atoms with E-state index in [9.17, 15) is 19.2 Å². The molecule has 2 N–H and O–H groups in total. The summed E-state index contributed by atoms with van der Waals surface area (Å²) in [6.45, 7) is 16.1. The Bertz CT molecular complexity index is 1170. The minimum Gasteiger partial charge on any atom is -0.459 e. The maximum atomic E-state index is 13.0. The van der Waals surface area contributed by atoms with Gasteiger partial charge in [-0.1, -0.05) is 51.5 Å². The van der Waals surface area contributed by atoms with Crippen LogP contribution in [0.2, 0.25) is 0 Å². The Hall–Kier alpha value is -2.82. The molecule has 0 aromatic carbocycles. The topological polar surface area (TPSA) is 133 Å². The summed E-state index contributed by atoms with van der Waals surface area (Å²) in [7, 11) is 0. The zero-order valence-corrected chi connectivity index (χ0v) is 29.1. The van der Waals surface area contributed by atoms with Crippen LogP contribution in [0.1, 0.15) is 100 Å². The summed E-state index contributed by atoms with van der Waals surface area (Å²) in [5.74, 6) is -0.449. The number of Topliss-reactive ketones (excluding diaryl/α,β-unsaturated/α-hetero) is 1. The number of epoxide rings is 1. The van der Waals surface area contributed by atoms with Gasteiger partial charge in [0.25, 0.3) is 0 Å². The molecular formula is C36H56N2O8. The van der Waals surface area contributed by atoms with E-state index in [2.05, 4.69) is 42.7 Å². The monoisotopic (exact) mass is 644 g/mol. The lowest BCUT2D eigenvalue weighted by molar-refractivity contribution is -0.143. The van der Waals surface area contributed by atoms with Gasteiger partial charge in [0.05, 0.1) is 48.1 Å². The van der Waals surface area contributed by atoms with Crippen LogP contribution in [0.5, 0.6) is 0 Å². The molecular weight excluding hydrogens is 588 g/mol. The Morgan fingerprint density at radius 3 is 2.46 bits per heavy atom. The minimum atomic E-state index is -0.758. The van der Waals surface area contributed by atoms with Crippen molar-refractivity contribution in [3.63, 3.8) is 0 Å². The van der Waals surface area contributed by atoms with Crippen molar-refractivity contribution < 1.29 is 38.1 Å². The summed E-state index contributed by atoms with van der Waals surface area (Å²) in [4.78, 5) is 49.0. The lowest BCUT2D eigenvalue weighted by Crippen LogP contribution is -2.50. The molecule has 0 saturated carbocycles. The van der Waals surface area contributed by atoms with E-state index in [1.807, 2.05) is 27.7 Å². The van der Waals surface area contributed by atoms with Crippen LogP contribution in [-0.2, 0) is 38.1 Å². The standard InChI is InChI=1S/C36H56N2O8/c1-9-16-37-34(42)35(7,8)19-28(40)18-30-21-36(22-43-36)20-29(46-30)13-10-23(2)11-14-32-24(3)17-31(26(5)45-32)38-33(41)15-12-25(4)44-27(6)39/h10-13,15,24-26,29-32H,9,14,16-22H2,1-8H3,(H,37,42)(H,38,41)/b13-10+,15-12-,23-11+/t24-,25-,26+,29+,30+,31+,32-,36+/m0/s1. The highest BCUT2D eigenvalue weighted by molar-refractivity contribution is 5.89. The molecule has 10 nitrogen and oxygen atoms in total. The predicted octanol–water partition coefficient (Wildman–Crippen LogP) is 4.90. The van der Waals surface area contributed by atoms with Crippen LogP contribution in [0.15, 0.2) is 36.0 Å². The highest BCUT2D eigenvalue weighted by Gasteiger charge is 2.51. The van der Waals surface area contributed by atoms with Crippen molar-refractivity contribution in [3.05, 3.63) is 36.0 Å². The second kappa shape index (κ2) is 16.8. The first-order valence-electron chi connectivity index (χ1n) is 16.9. The summed E-state index contributed by atoms with van der Waals surface area (Å²) < 4.78 is 23.5. The van der Waals surface area contributed by atoms with Crippen molar-refractivity contribution in [3.8, 4) is 0 Å². The smallest absolute Gasteiger partial charge is 0.303 e. The molecule has 3 rings (SSSR count). The van der Waals surface area contributed by atoms with E-state index in [4.69, 9.17) is 18.9 Å². The van der Waals surface area contributed by atoms with Gasteiger partial charge in [-0.05, 0) is 52.0 Å². The second-order valence-corrected chi connectivity index (χ2v) is 14.2. The zero-order valence-electron chi connectivity index (χ0n) is 29.1. The van der Waals surface area contributed by atoms with Crippen molar-refractivity contribution in [2.45, 2.75) is 142 Å². The van der Waals surface area contributed by atoms with Gasteiger partial charge >= 0.3 is 5.97 Å². The first-order chi connectivity index (χ1) is 21.6. The lowest BCUT2D eigenvalue weighted by Gasteiger charge is -2.39. The number of hydrogen-bond donors (Lipinski definition) is 2. The molecule has 46 heavy (non-hydrogen) atoms. The molecule has 3 aliphatic rings. The SMILES string of the molecule is CCCNC(=O)C(C)(C)CC(=O)C[C@@H]1C[C@@]2(CO2)C[C@@H](/C=C/C(C)=C/C[C@@H]2O[C@H](C)[C@H](NC(=O)/C=C\[C@H](C)OC(C)=O)C[C@@H]2C)O1. The fraction of sp³-hybridized carbons (Fsp3) is 0.722. The van der Waals surface area contributed by atoms with Gasteiger partial charge in [-0.25, -0.2) is 0 Å². The van der Waals surface area contributed by atoms with Crippen LogP contribution < -0.4 is 10.6 Å². The third kappa shape index (κ3) is 12.1. The van der Waals surface area contributed by atoms with E-state index in [0.29, 0.717) is 19.6 Å². The van der Waals surface area contributed by atoms with Crippen LogP contribution >= 0.6 is 0 Å². The molecule has 0 radical (unpaired) electrons. The van der Waals surface area contributed by atoms with E-state index in [-0.39, 0.29) is 72.4 Å². The predicted molar refractivity (Wildman–Crippen MR) is 176 cm³/mol. The van der Waals surface area contributed by atoms with Gasteiger partial charge in [0.15, 0.2) is 0 Å². The third-order valence-corrected chi connectivity index (χ3v) is 9.00. The number of esters is 1. The molecule has 3 aliphatic heterocycles. The Balaban J connectivity index is 1.48. The van der Waals surface area contributed by atoms with Gasteiger partial charge in [-0.15, -0.1) is 0 Å². The van der Waals surface area contributed by atoms with Gasteiger partial charge in [-0.3, -0.25) is 19.2 Å². The van der Waals surface area contributed by atoms with E-state index < -0.39 is 17.5 Å². The number of carbonyl (C=O) groups excluding carboxylic acids is 4. The highest BCUT2D eigenvalue weighted by atomic mass is 16.6. The van der Waals surface area contributed by atoms with Gasteiger partial charge < -0.3 is 29.6 Å². The van der Waals surface area contributed by atoms with E-state index in [1.165, 1.54) is 13.0 Å². The fourth-order valence-corrected chi connectivity index (χ4v) is 6.25. The van der Waals surface area contributed by atoms with Crippen LogP contribution in [0.4, 0.5) is 0 Å². The number of rotatable bonds is 15. The molecule has 0 aromatic heterocycles. The molecule has 258 valence electrons. The first-order valence-corrected chi connectivity index (χ1v) is 16.9. The molecule has 0 aromatic rings. The number of amides is 2. The van der Waals surface area contributed by atoms with Crippen molar-refractivity contribution in [2.75, 3.05) is 13.2 Å². The Morgan fingerprint density at radius 2 is 1.80 bits per heavy atom. The molecule has 3 heterocycles. The number of allylic oxidation sites excluding steroid dienone is 2. The summed E-state index contributed by atoms with van der Waals surface area (Å²) in [6.07, 6.45) is 12.6. The average Bonchev–Trinajstić information content (AvgIpc) is 3.70. The summed E-state index contributed by atoms with van der Waals surface area (Å²) in [6, 6.07) is -0.109. The quantitative estimate of drug-likeness (QED) is 0.111. The van der Waals surface area contributed by atoms with E-state index in [1.54, 1.807) is 13.0 Å². The van der Waals surface area contributed by atoms with Crippen LogP contribution in [-0.4, -0.2) is 78.9 Å². The summed E-state index contributed by atoms with van der Waals surface area (Å²) in [5, 5.41) is 5.92. The molecule has 10 heteroatoms. The zero-order chi connectivity index (χ0) is 34.1. The Labute approximate surface area is 275 Å². The molecule has 0 unspecified atom stereocenters. The van der Waals surface area contributed by atoms with Crippen LogP contribution in [0, 0.1) is 11.3 Å². The molecule has 0 bridgehead atoms. The largest absolute Gasteiger partial charge is 0.459 e. The van der Waals surface area contributed by atoms with Gasteiger partial charge in [0.1, 0.15) is 11.9 Å². The van der Waals surface area contributed by atoms with Crippen molar-refractivity contribution in [1.29, 1.82) is 0 Å². The molecule has 3 saturated heterocycles. The summed E-state index contributed by atoms with van der Waals surface area (Å²) in [5.41, 5.74) is 0.123. The van der Waals surface area contributed by atoms with Gasteiger partial charge in [0.2, 0.25) is 11.8 Å². The molecule has 3 fully saturated rings. The van der Waals surface area contributed by atoms with Crippen LogP contribution in [0.25, 0.3) is 0 Å². The summed E-state index contributed by atoms with van der Waals surface area (Å²) >= 11 is 0. The second-order valence-electron chi connectivity index (χ2n) is 14.2. The number of ether oxygens (including phenoxy) is 4. The van der Waals surface area contributed by atoms with Crippen molar-refractivity contribution in [1.82, 2.24) is 10.6 Å². The number of nitrogens with one attached hydrogen (secondary N) is 2. The van der Waals surface area contributed by atoms with Crippen molar-refractivity contribution >= 4 is 23.6 Å². The van der Waals surface area contributed by atoms with Crippen molar-refractivity contribution in [2.24, 2.45) is 11.3 Å². The Morgan fingerprint density at radius 1 is 1.09 bits per heavy atom. The highest BCUT2D eigenvalue weighted by Crippen LogP contribution is 2.43. The van der Waals surface area contributed by atoms with Gasteiger partial charge in [-0.2, -0.15) is 0 Å². The fourth-order valence-electron chi connectivity index (χ4n) is 6.25. The van der Waals surface area contributed by atoms with Crippen LogP contribution in [0.3, 0.4) is 0 Å². The van der Waals surface area contributed by atoms with Gasteiger partial charge in [0, 0.05) is 45.2 Å². The molecule has 1 spiro atoms. The average molecular weight is 645 g/mol. The molecule has 0 aliphatic carbocycles. The minimum absolute atomic E-state index is 0.0288. The lowest BCUT2D eigenvalue weighted by atomic mass is 9.83. The van der Waals surface area contributed by atoms with E-state index in [0.717, 1.165) is 31.3 Å².